The first-order valence-corrected chi connectivity index (χ1v) is 9.19. The summed E-state index contributed by atoms with van der Waals surface area (Å²) in [7, 11) is 2.20. The molecule has 1 atom stereocenters. The Bertz CT molecular complexity index is 815. The zero-order valence-electron chi connectivity index (χ0n) is 13.7. The third-order valence-corrected chi connectivity index (χ3v) is 5.48. The molecule has 5 heteroatoms. The molecular formula is C19H20N4S. The molecule has 0 radical (unpaired) electrons. The first-order valence-electron chi connectivity index (χ1n) is 8.31. The molecule has 1 aromatic carbocycles. The van der Waals surface area contributed by atoms with Gasteiger partial charge in [0.2, 0.25) is 0 Å². The molecule has 1 aliphatic rings. The van der Waals surface area contributed by atoms with Gasteiger partial charge in [0, 0.05) is 30.4 Å². The first-order chi connectivity index (χ1) is 11.8. The molecule has 0 spiro atoms. The van der Waals surface area contributed by atoms with Gasteiger partial charge in [-0.2, -0.15) is 0 Å². The van der Waals surface area contributed by atoms with Crippen LogP contribution in [0.15, 0.2) is 48.1 Å². The molecule has 0 N–H and O–H groups in total. The quantitative estimate of drug-likeness (QED) is 0.719. The average Bonchev–Trinajstić information content (AvgIpc) is 3.10. The second kappa shape index (κ2) is 6.79. The van der Waals surface area contributed by atoms with E-state index in [-0.39, 0.29) is 0 Å². The molecule has 0 amide bonds. The van der Waals surface area contributed by atoms with Crippen molar-refractivity contribution in [2.45, 2.75) is 31.8 Å². The normalized spacial score (nSPS) is 17.0. The van der Waals surface area contributed by atoms with Gasteiger partial charge in [-0.05, 0) is 43.5 Å². The maximum absolute atomic E-state index is 4.72. The molecule has 1 aliphatic carbocycles. The summed E-state index contributed by atoms with van der Waals surface area (Å²) in [5.41, 5.74) is 4.07. The van der Waals surface area contributed by atoms with Crippen LogP contribution in [0.4, 0.5) is 0 Å². The number of thiazole rings is 1. The highest BCUT2D eigenvalue weighted by Crippen LogP contribution is 2.34. The molecule has 0 saturated carbocycles. The lowest BCUT2D eigenvalue weighted by Gasteiger charge is -2.32. The van der Waals surface area contributed by atoms with E-state index in [2.05, 4.69) is 51.6 Å². The van der Waals surface area contributed by atoms with Crippen LogP contribution in [0.5, 0.6) is 0 Å². The second-order valence-corrected chi connectivity index (χ2v) is 7.10. The van der Waals surface area contributed by atoms with Crippen LogP contribution in [0.25, 0.3) is 10.8 Å². The van der Waals surface area contributed by atoms with Crippen LogP contribution in [0.2, 0.25) is 0 Å². The maximum atomic E-state index is 4.72. The number of aromatic nitrogens is 3. The standard InChI is InChI=1S/C19H20N4S/c1-23(17-9-4-7-14-6-2-3-8-16(14)17)12-15-13-24-19(22-15)18-20-10-5-11-21-18/h2-3,5-6,8,10-11,13,17H,4,7,9,12H2,1H3. The third kappa shape index (κ3) is 3.09. The minimum Gasteiger partial charge on any atom is -0.294 e. The molecule has 0 fully saturated rings. The maximum Gasteiger partial charge on any atom is 0.188 e. The highest BCUT2D eigenvalue weighted by atomic mass is 32.1. The van der Waals surface area contributed by atoms with Crippen molar-refractivity contribution in [1.29, 1.82) is 0 Å². The zero-order chi connectivity index (χ0) is 16.4. The fourth-order valence-electron chi connectivity index (χ4n) is 3.44. The molecule has 2 aromatic heterocycles. The molecule has 1 unspecified atom stereocenters. The van der Waals surface area contributed by atoms with E-state index in [1.54, 1.807) is 23.7 Å². The highest BCUT2D eigenvalue weighted by molar-refractivity contribution is 7.13. The summed E-state index contributed by atoms with van der Waals surface area (Å²) in [5, 5.41) is 3.01. The van der Waals surface area contributed by atoms with E-state index >= 15 is 0 Å². The van der Waals surface area contributed by atoms with Crippen molar-refractivity contribution in [3.8, 4) is 10.8 Å². The minimum absolute atomic E-state index is 0.480. The Balaban J connectivity index is 1.51. The Labute approximate surface area is 146 Å². The fraction of sp³-hybridized carbons (Fsp3) is 0.316. The first kappa shape index (κ1) is 15.4. The Morgan fingerprint density at radius 1 is 1.17 bits per heavy atom. The lowest BCUT2D eigenvalue weighted by molar-refractivity contribution is 0.211. The van der Waals surface area contributed by atoms with E-state index in [1.807, 2.05) is 6.07 Å². The van der Waals surface area contributed by atoms with Crippen LogP contribution in [0, 0.1) is 0 Å². The van der Waals surface area contributed by atoms with Crippen LogP contribution < -0.4 is 0 Å². The van der Waals surface area contributed by atoms with Crippen LogP contribution in [-0.2, 0) is 13.0 Å². The lowest BCUT2D eigenvalue weighted by atomic mass is 9.87. The lowest BCUT2D eigenvalue weighted by Crippen LogP contribution is -2.27. The van der Waals surface area contributed by atoms with Gasteiger partial charge in [-0.25, -0.2) is 15.0 Å². The Hall–Kier alpha value is -2.11. The SMILES string of the molecule is CN(Cc1csc(-c2ncccn2)n1)C1CCCc2ccccc21. The summed E-state index contributed by atoms with van der Waals surface area (Å²) in [6.45, 7) is 0.850. The molecule has 24 heavy (non-hydrogen) atoms. The topological polar surface area (TPSA) is 41.9 Å². The van der Waals surface area contributed by atoms with Crippen LogP contribution in [0.1, 0.15) is 35.7 Å². The summed E-state index contributed by atoms with van der Waals surface area (Å²) < 4.78 is 0. The molecule has 3 aromatic rings. The van der Waals surface area contributed by atoms with E-state index in [0.29, 0.717) is 11.9 Å². The van der Waals surface area contributed by atoms with Crippen molar-refractivity contribution in [2.75, 3.05) is 7.05 Å². The monoisotopic (exact) mass is 336 g/mol. The number of aryl methyl sites for hydroxylation is 1. The number of rotatable bonds is 4. The molecule has 4 nitrogen and oxygen atoms in total. The Morgan fingerprint density at radius 2 is 2.00 bits per heavy atom. The van der Waals surface area contributed by atoms with Gasteiger partial charge >= 0.3 is 0 Å². The molecule has 0 bridgehead atoms. The third-order valence-electron chi connectivity index (χ3n) is 4.59. The second-order valence-electron chi connectivity index (χ2n) is 6.24. The van der Waals surface area contributed by atoms with Crippen molar-refractivity contribution in [3.63, 3.8) is 0 Å². The van der Waals surface area contributed by atoms with Gasteiger partial charge in [-0.15, -0.1) is 11.3 Å². The minimum atomic E-state index is 0.480. The van der Waals surface area contributed by atoms with Crippen molar-refractivity contribution < 1.29 is 0 Å². The van der Waals surface area contributed by atoms with E-state index in [9.17, 15) is 0 Å². The van der Waals surface area contributed by atoms with Gasteiger partial charge in [0.25, 0.3) is 0 Å². The smallest absolute Gasteiger partial charge is 0.188 e. The molecule has 4 rings (SSSR count). The summed E-state index contributed by atoms with van der Waals surface area (Å²) in [4.78, 5) is 15.7. The van der Waals surface area contributed by atoms with Gasteiger partial charge in [-0.1, -0.05) is 24.3 Å². The number of benzene rings is 1. The van der Waals surface area contributed by atoms with Crippen molar-refractivity contribution in [2.24, 2.45) is 0 Å². The molecule has 2 heterocycles. The predicted octanol–water partition coefficient (Wildman–Crippen LogP) is 4.11. The molecule has 122 valence electrons. The summed E-state index contributed by atoms with van der Waals surface area (Å²) >= 11 is 1.61. The number of hydrogen-bond acceptors (Lipinski definition) is 5. The summed E-state index contributed by atoms with van der Waals surface area (Å²) in [6, 6.07) is 11.1. The van der Waals surface area contributed by atoms with Gasteiger partial charge < -0.3 is 0 Å². The Kier molecular flexibility index (Phi) is 4.36. The van der Waals surface area contributed by atoms with E-state index in [4.69, 9.17) is 4.98 Å². The predicted molar refractivity (Wildman–Crippen MR) is 96.7 cm³/mol. The average molecular weight is 336 g/mol. The van der Waals surface area contributed by atoms with Crippen molar-refractivity contribution >= 4 is 11.3 Å². The highest BCUT2D eigenvalue weighted by Gasteiger charge is 2.24. The molecule has 0 saturated heterocycles. The van der Waals surface area contributed by atoms with Crippen LogP contribution >= 0.6 is 11.3 Å². The Morgan fingerprint density at radius 3 is 2.88 bits per heavy atom. The van der Waals surface area contributed by atoms with Crippen molar-refractivity contribution in [3.05, 3.63) is 64.9 Å². The van der Waals surface area contributed by atoms with E-state index in [1.165, 1.54) is 30.4 Å². The van der Waals surface area contributed by atoms with Gasteiger partial charge in [-0.3, -0.25) is 4.90 Å². The van der Waals surface area contributed by atoms with Gasteiger partial charge in [0.15, 0.2) is 10.8 Å². The van der Waals surface area contributed by atoms with E-state index < -0.39 is 0 Å². The van der Waals surface area contributed by atoms with Gasteiger partial charge in [0.1, 0.15) is 0 Å². The summed E-state index contributed by atoms with van der Waals surface area (Å²) in [5.74, 6) is 0.708. The van der Waals surface area contributed by atoms with Crippen molar-refractivity contribution in [1.82, 2.24) is 19.9 Å². The summed E-state index contributed by atoms with van der Waals surface area (Å²) in [6.07, 6.45) is 7.19. The zero-order valence-corrected chi connectivity index (χ0v) is 14.5. The van der Waals surface area contributed by atoms with Crippen LogP contribution in [0.3, 0.4) is 0 Å². The number of hydrogen-bond donors (Lipinski definition) is 0. The van der Waals surface area contributed by atoms with Crippen LogP contribution in [-0.4, -0.2) is 26.9 Å². The van der Waals surface area contributed by atoms with Gasteiger partial charge in [0.05, 0.1) is 5.69 Å². The number of nitrogens with zero attached hydrogens (tertiary/aromatic N) is 4. The number of fused-ring (bicyclic) bond motifs is 1. The fourth-order valence-corrected chi connectivity index (χ4v) is 4.20. The molecule has 0 aliphatic heterocycles. The van der Waals surface area contributed by atoms with E-state index in [0.717, 1.165) is 17.2 Å². The largest absolute Gasteiger partial charge is 0.294 e. The molecular weight excluding hydrogens is 316 g/mol.